The Balaban J connectivity index is 1.70. The van der Waals surface area contributed by atoms with E-state index in [1.165, 1.54) is 5.56 Å². The fourth-order valence-corrected chi connectivity index (χ4v) is 2.86. The molecule has 27 heavy (non-hydrogen) atoms. The van der Waals surface area contributed by atoms with Crippen molar-refractivity contribution in [1.82, 2.24) is 10.3 Å². The zero-order valence-corrected chi connectivity index (χ0v) is 15.7. The zero-order valence-electron chi connectivity index (χ0n) is 15.7. The first-order chi connectivity index (χ1) is 13.1. The molecule has 0 saturated heterocycles. The number of aryl methyl sites for hydroxylation is 2. The number of methoxy groups -OCH3 is 1. The van der Waals surface area contributed by atoms with Crippen LogP contribution >= 0.6 is 0 Å². The van der Waals surface area contributed by atoms with Gasteiger partial charge in [-0.25, -0.2) is 4.98 Å². The Morgan fingerprint density at radius 2 is 1.89 bits per heavy atom. The summed E-state index contributed by atoms with van der Waals surface area (Å²) in [5.41, 5.74) is 4.78. The van der Waals surface area contributed by atoms with Gasteiger partial charge in [-0.3, -0.25) is 4.79 Å². The molecule has 1 amide bonds. The first-order valence-corrected chi connectivity index (χ1v) is 8.77. The molecule has 0 atom stereocenters. The van der Waals surface area contributed by atoms with Crippen molar-refractivity contribution in [3.63, 3.8) is 0 Å². The lowest BCUT2D eigenvalue weighted by molar-refractivity contribution is 0.0950. The van der Waals surface area contributed by atoms with Gasteiger partial charge in [0, 0.05) is 29.6 Å². The van der Waals surface area contributed by atoms with Gasteiger partial charge in [-0.1, -0.05) is 35.9 Å². The molecule has 0 spiro atoms. The highest BCUT2D eigenvalue weighted by Crippen LogP contribution is 2.21. The molecule has 0 aliphatic carbocycles. The van der Waals surface area contributed by atoms with Crippen molar-refractivity contribution >= 4 is 17.4 Å². The summed E-state index contributed by atoms with van der Waals surface area (Å²) in [4.78, 5) is 16.8. The molecular formula is C22H23N3O2. The van der Waals surface area contributed by atoms with Gasteiger partial charge in [-0.2, -0.15) is 0 Å². The normalized spacial score (nSPS) is 10.3. The summed E-state index contributed by atoms with van der Waals surface area (Å²) >= 11 is 0. The Bertz CT molecular complexity index is 954. The van der Waals surface area contributed by atoms with E-state index in [0.717, 1.165) is 22.6 Å². The average Bonchev–Trinajstić information content (AvgIpc) is 2.68. The number of carbonyl (C=O) groups excluding carboxylic acids is 1. The topological polar surface area (TPSA) is 63.2 Å². The number of carbonyl (C=O) groups is 1. The highest BCUT2D eigenvalue weighted by Gasteiger charge is 2.09. The number of rotatable bonds is 6. The Hall–Kier alpha value is -3.34. The number of anilines is 2. The number of nitrogens with one attached hydrogen (secondary N) is 2. The van der Waals surface area contributed by atoms with E-state index in [2.05, 4.69) is 28.6 Å². The quantitative estimate of drug-likeness (QED) is 0.684. The van der Waals surface area contributed by atoms with Crippen LogP contribution in [-0.4, -0.2) is 18.0 Å². The number of amides is 1. The number of hydrogen-bond donors (Lipinski definition) is 2. The van der Waals surface area contributed by atoms with Crippen LogP contribution in [-0.2, 0) is 6.54 Å². The van der Waals surface area contributed by atoms with Crippen LogP contribution in [0.1, 0.15) is 27.0 Å². The molecule has 3 aromatic rings. The van der Waals surface area contributed by atoms with E-state index in [4.69, 9.17) is 4.74 Å². The monoisotopic (exact) mass is 361 g/mol. The third kappa shape index (κ3) is 4.64. The van der Waals surface area contributed by atoms with E-state index >= 15 is 0 Å². The largest absolute Gasteiger partial charge is 0.496 e. The standard InChI is InChI=1S/C22H23N3O2/c1-15-8-9-19(16(2)12-15)25-21-13-17(10-11-23-21)22(26)24-14-18-6-4-5-7-20(18)27-3/h4-13H,14H2,1-3H3,(H,23,25)(H,24,26). The average molecular weight is 361 g/mol. The van der Waals surface area contributed by atoms with Crippen LogP contribution in [0.5, 0.6) is 5.75 Å². The SMILES string of the molecule is COc1ccccc1CNC(=O)c1ccnc(Nc2ccc(C)cc2C)c1. The molecule has 1 heterocycles. The first-order valence-electron chi connectivity index (χ1n) is 8.77. The van der Waals surface area contributed by atoms with E-state index in [1.54, 1.807) is 25.4 Å². The summed E-state index contributed by atoms with van der Waals surface area (Å²) in [6.45, 7) is 4.49. The minimum Gasteiger partial charge on any atom is -0.496 e. The van der Waals surface area contributed by atoms with Crippen molar-refractivity contribution in [3.8, 4) is 5.75 Å². The summed E-state index contributed by atoms with van der Waals surface area (Å²) in [6.07, 6.45) is 1.63. The van der Waals surface area contributed by atoms with E-state index in [0.29, 0.717) is 17.9 Å². The third-order valence-corrected chi connectivity index (χ3v) is 4.30. The van der Waals surface area contributed by atoms with E-state index in [9.17, 15) is 4.79 Å². The Morgan fingerprint density at radius 1 is 1.07 bits per heavy atom. The molecule has 0 fully saturated rings. The van der Waals surface area contributed by atoms with Gasteiger partial charge in [0.1, 0.15) is 11.6 Å². The number of nitrogens with zero attached hydrogens (tertiary/aromatic N) is 1. The second kappa shape index (κ2) is 8.36. The molecule has 5 nitrogen and oxygen atoms in total. The lowest BCUT2D eigenvalue weighted by Crippen LogP contribution is -2.23. The second-order valence-corrected chi connectivity index (χ2v) is 6.37. The maximum Gasteiger partial charge on any atom is 0.251 e. The van der Waals surface area contributed by atoms with Crippen molar-refractivity contribution in [1.29, 1.82) is 0 Å². The molecular weight excluding hydrogens is 338 g/mol. The van der Waals surface area contributed by atoms with Crippen molar-refractivity contribution in [2.75, 3.05) is 12.4 Å². The van der Waals surface area contributed by atoms with Gasteiger partial charge < -0.3 is 15.4 Å². The third-order valence-electron chi connectivity index (χ3n) is 4.30. The fourth-order valence-electron chi connectivity index (χ4n) is 2.86. The van der Waals surface area contributed by atoms with Gasteiger partial charge >= 0.3 is 0 Å². The summed E-state index contributed by atoms with van der Waals surface area (Å²) < 4.78 is 5.32. The highest BCUT2D eigenvalue weighted by atomic mass is 16.5. The Labute approximate surface area is 159 Å². The smallest absolute Gasteiger partial charge is 0.251 e. The van der Waals surface area contributed by atoms with Crippen LogP contribution in [0.15, 0.2) is 60.8 Å². The van der Waals surface area contributed by atoms with Crippen LogP contribution in [0.2, 0.25) is 0 Å². The number of para-hydroxylation sites is 1. The van der Waals surface area contributed by atoms with Crippen LogP contribution < -0.4 is 15.4 Å². The number of pyridine rings is 1. The highest BCUT2D eigenvalue weighted by molar-refractivity contribution is 5.94. The molecule has 5 heteroatoms. The maximum atomic E-state index is 12.5. The Morgan fingerprint density at radius 3 is 2.67 bits per heavy atom. The molecule has 0 radical (unpaired) electrons. The van der Waals surface area contributed by atoms with Crippen LogP contribution in [0.4, 0.5) is 11.5 Å². The van der Waals surface area contributed by atoms with Gasteiger partial charge in [0.05, 0.1) is 7.11 Å². The molecule has 1 aromatic heterocycles. The van der Waals surface area contributed by atoms with Crippen LogP contribution in [0.3, 0.4) is 0 Å². The summed E-state index contributed by atoms with van der Waals surface area (Å²) in [5, 5.41) is 6.20. The Kier molecular flexibility index (Phi) is 5.71. The number of hydrogen-bond acceptors (Lipinski definition) is 4. The predicted molar refractivity (Wildman–Crippen MR) is 108 cm³/mol. The van der Waals surface area contributed by atoms with Gasteiger partial charge in [0.15, 0.2) is 0 Å². The minimum atomic E-state index is -0.160. The summed E-state index contributed by atoms with van der Waals surface area (Å²) in [6, 6.07) is 17.2. The maximum absolute atomic E-state index is 12.5. The zero-order chi connectivity index (χ0) is 19.2. The molecule has 0 aliphatic rings. The van der Waals surface area contributed by atoms with Crippen molar-refractivity contribution in [3.05, 3.63) is 83.0 Å². The van der Waals surface area contributed by atoms with E-state index in [-0.39, 0.29) is 5.91 Å². The number of aromatic nitrogens is 1. The second-order valence-electron chi connectivity index (χ2n) is 6.37. The van der Waals surface area contributed by atoms with Crippen molar-refractivity contribution < 1.29 is 9.53 Å². The van der Waals surface area contributed by atoms with Gasteiger partial charge in [0.2, 0.25) is 0 Å². The summed E-state index contributed by atoms with van der Waals surface area (Å²) in [7, 11) is 1.62. The van der Waals surface area contributed by atoms with Crippen molar-refractivity contribution in [2.45, 2.75) is 20.4 Å². The molecule has 2 N–H and O–H groups in total. The van der Waals surface area contributed by atoms with Gasteiger partial charge in [-0.05, 0) is 43.7 Å². The molecule has 0 bridgehead atoms. The molecule has 3 rings (SSSR count). The first kappa shape index (κ1) is 18.5. The molecule has 0 aliphatic heterocycles. The minimum absolute atomic E-state index is 0.160. The number of ether oxygens (including phenoxy) is 1. The molecule has 0 unspecified atom stereocenters. The molecule has 138 valence electrons. The number of benzene rings is 2. The molecule has 0 saturated carbocycles. The molecule has 2 aromatic carbocycles. The predicted octanol–water partition coefficient (Wildman–Crippen LogP) is 4.38. The van der Waals surface area contributed by atoms with Crippen LogP contribution in [0, 0.1) is 13.8 Å². The van der Waals surface area contributed by atoms with Crippen molar-refractivity contribution in [2.24, 2.45) is 0 Å². The lowest BCUT2D eigenvalue weighted by atomic mass is 10.1. The summed E-state index contributed by atoms with van der Waals surface area (Å²) in [5.74, 6) is 1.23. The fraction of sp³-hybridized carbons (Fsp3) is 0.182. The van der Waals surface area contributed by atoms with Gasteiger partial charge in [0.25, 0.3) is 5.91 Å². The van der Waals surface area contributed by atoms with E-state index < -0.39 is 0 Å². The lowest BCUT2D eigenvalue weighted by Gasteiger charge is -2.12. The van der Waals surface area contributed by atoms with Crippen LogP contribution in [0.25, 0.3) is 0 Å². The van der Waals surface area contributed by atoms with Gasteiger partial charge in [-0.15, -0.1) is 0 Å². The van der Waals surface area contributed by atoms with E-state index in [1.807, 2.05) is 43.3 Å².